The topological polar surface area (TPSA) is 138 Å². The summed E-state index contributed by atoms with van der Waals surface area (Å²) in [5.41, 5.74) is 2.67. The Kier molecular flexibility index (Phi) is 6.93. The van der Waals surface area contributed by atoms with E-state index >= 15 is 0 Å². The number of hydrogen-bond donors (Lipinski definition) is 1. The van der Waals surface area contributed by atoms with Crippen LogP contribution in [-0.2, 0) is 24.8 Å². The first-order chi connectivity index (χ1) is 16.9. The lowest BCUT2D eigenvalue weighted by molar-refractivity contribution is 0.0138. The van der Waals surface area contributed by atoms with Crippen LogP contribution in [0.3, 0.4) is 0 Å². The smallest absolute Gasteiger partial charge is 0.425 e. The van der Waals surface area contributed by atoms with Crippen molar-refractivity contribution in [1.82, 2.24) is 4.90 Å². The molecule has 0 radical (unpaired) electrons. The molecule has 1 aromatic rings. The van der Waals surface area contributed by atoms with Crippen LogP contribution in [-0.4, -0.2) is 58.1 Å². The van der Waals surface area contributed by atoms with E-state index in [1.807, 2.05) is 13.8 Å². The summed E-state index contributed by atoms with van der Waals surface area (Å²) in [5.74, 6) is 0.126. The Balaban J connectivity index is 2.39. The second-order valence-electron chi connectivity index (χ2n) is 13.2. The van der Waals surface area contributed by atoms with E-state index < -0.39 is 54.4 Å². The Morgan fingerprint density at radius 1 is 1.00 bits per heavy atom. The number of imide groups is 1. The van der Waals surface area contributed by atoms with Gasteiger partial charge in [0.1, 0.15) is 38.7 Å². The van der Waals surface area contributed by atoms with Gasteiger partial charge in [0.15, 0.2) is 9.84 Å². The molecule has 0 saturated carbocycles. The van der Waals surface area contributed by atoms with Gasteiger partial charge in [0.25, 0.3) is 0 Å². The van der Waals surface area contributed by atoms with E-state index in [-0.39, 0.29) is 12.3 Å². The second-order valence-corrected chi connectivity index (χ2v) is 15.9. The molecule has 38 heavy (non-hydrogen) atoms. The van der Waals surface area contributed by atoms with Gasteiger partial charge in [0.2, 0.25) is 0 Å². The fraction of sp³-hybridized carbons (Fsp3) is 0.667. The monoisotopic (exact) mass is 551 g/mol. The van der Waals surface area contributed by atoms with Gasteiger partial charge in [-0.05, 0) is 94.4 Å². The number of nitrogen functional groups attached to an aromatic ring is 1. The van der Waals surface area contributed by atoms with Crippen molar-refractivity contribution in [3.05, 3.63) is 23.8 Å². The van der Waals surface area contributed by atoms with Gasteiger partial charge in [0.05, 0.1) is 5.25 Å². The molecule has 0 aromatic heterocycles. The summed E-state index contributed by atoms with van der Waals surface area (Å²) >= 11 is 0. The van der Waals surface area contributed by atoms with Crippen LogP contribution in [0, 0.1) is 0 Å². The van der Waals surface area contributed by atoms with Crippen LogP contribution in [0.25, 0.3) is 0 Å². The maximum Gasteiger partial charge on any atom is 0.425 e. The number of rotatable bonds is 0. The van der Waals surface area contributed by atoms with Crippen LogP contribution in [0.2, 0.25) is 0 Å². The van der Waals surface area contributed by atoms with Crippen molar-refractivity contribution in [2.24, 2.45) is 4.99 Å². The van der Waals surface area contributed by atoms with Crippen LogP contribution >= 0.6 is 0 Å². The lowest BCUT2D eigenvalue weighted by Crippen LogP contribution is -2.64. The molecule has 2 aliphatic rings. The molecule has 3 rings (SSSR count). The van der Waals surface area contributed by atoms with E-state index in [4.69, 9.17) is 24.9 Å². The molecular weight excluding hydrogens is 510 g/mol. The maximum absolute atomic E-state index is 14.4. The van der Waals surface area contributed by atoms with Gasteiger partial charge in [0, 0.05) is 17.7 Å². The predicted molar refractivity (Wildman–Crippen MR) is 146 cm³/mol. The summed E-state index contributed by atoms with van der Waals surface area (Å²) in [5, 5.41) is -1.05. The van der Waals surface area contributed by atoms with E-state index in [2.05, 4.69) is 0 Å². The van der Waals surface area contributed by atoms with Crippen molar-refractivity contribution >= 4 is 33.5 Å². The summed E-state index contributed by atoms with van der Waals surface area (Å²) < 4.78 is 44.4. The quantitative estimate of drug-likeness (QED) is 0.435. The molecule has 212 valence electrons. The van der Waals surface area contributed by atoms with Gasteiger partial charge in [-0.1, -0.05) is 0 Å². The normalized spacial score (nSPS) is 25.4. The third-order valence-electron chi connectivity index (χ3n) is 6.57. The Hall–Kier alpha value is -2.82. The Morgan fingerprint density at radius 2 is 1.50 bits per heavy atom. The molecule has 0 saturated heterocycles. The van der Waals surface area contributed by atoms with Crippen LogP contribution in [0.5, 0.6) is 5.75 Å². The lowest BCUT2D eigenvalue weighted by Gasteiger charge is -2.46. The number of sulfone groups is 1. The van der Waals surface area contributed by atoms with E-state index in [0.717, 1.165) is 0 Å². The fourth-order valence-corrected chi connectivity index (χ4v) is 7.26. The average molecular weight is 552 g/mol. The van der Waals surface area contributed by atoms with Crippen molar-refractivity contribution in [2.75, 3.05) is 5.73 Å². The van der Waals surface area contributed by atoms with Gasteiger partial charge in [-0.15, -0.1) is 0 Å². The fourth-order valence-electron chi connectivity index (χ4n) is 4.75. The molecule has 2 atom stereocenters. The number of hydrogen-bond acceptors (Lipinski definition) is 9. The summed E-state index contributed by atoms with van der Waals surface area (Å²) in [6, 6.07) is 4.98. The highest BCUT2D eigenvalue weighted by Gasteiger charge is 2.62. The summed E-state index contributed by atoms with van der Waals surface area (Å²) in [6.07, 6.45) is -2.07. The van der Waals surface area contributed by atoms with Crippen molar-refractivity contribution in [1.29, 1.82) is 0 Å². The third-order valence-corrected chi connectivity index (χ3v) is 9.55. The van der Waals surface area contributed by atoms with E-state index in [9.17, 15) is 18.0 Å². The highest BCUT2D eigenvalue weighted by Crippen LogP contribution is 2.52. The second kappa shape index (κ2) is 8.86. The predicted octanol–water partition coefficient (Wildman–Crippen LogP) is 5.19. The molecule has 0 bridgehead atoms. The number of aliphatic imine (C=N–C) groups is 1. The lowest BCUT2D eigenvalue weighted by atomic mass is 9.84. The molecule has 2 unspecified atom stereocenters. The van der Waals surface area contributed by atoms with Crippen molar-refractivity contribution in [3.8, 4) is 5.75 Å². The van der Waals surface area contributed by atoms with Crippen LogP contribution in [0.4, 0.5) is 15.3 Å². The van der Waals surface area contributed by atoms with Gasteiger partial charge >= 0.3 is 12.2 Å². The molecule has 10 nitrogen and oxygen atoms in total. The molecule has 11 heteroatoms. The van der Waals surface area contributed by atoms with E-state index in [1.165, 1.54) is 13.8 Å². The van der Waals surface area contributed by atoms with Crippen molar-refractivity contribution in [3.63, 3.8) is 0 Å². The van der Waals surface area contributed by atoms with Crippen LogP contribution < -0.4 is 10.5 Å². The Bertz CT molecular complexity index is 1260. The number of carbonyl (C=O) groups excluding carboxylic acids is 2. The standard InChI is InChI=1S/C27H41N3O7S/c1-23(2,3)36-21(31)30(22(32)37-24(4,5)6)20-26(9,10)38(33,34)19-15-25(7,8)35-18-13-12-16(28)14-17(18)27(19,11)29-20/h12-14,19H,15,28H2,1-11H3. The summed E-state index contributed by atoms with van der Waals surface area (Å²) in [7, 11) is -4.13. The van der Waals surface area contributed by atoms with Gasteiger partial charge in [-0.25, -0.2) is 18.0 Å². The number of ether oxygens (including phenoxy) is 3. The number of nitrogens with two attached hydrogens (primary N) is 1. The SMILES string of the molecule is CC(C)(C)OC(=O)N(C(=O)OC(C)(C)C)C1=NC2(C)c3cc(N)ccc3OC(C)(C)CC2S(=O)(=O)C1(C)C. The number of amidine groups is 1. The van der Waals surface area contributed by atoms with E-state index in [1.54, 1.807) is 66.7 Å². The molecule has 0 fully saturated rings. The minimum absolute atomic E-state index is 0.111. The highest BCUT2D eigenvalue weighted by atomic mass is 32.2. The third kappa shape index (κ3) is 5.34. The molecule has 2 N–H and O–H groups in total. The zero-order valence-corrected chi connectivity index (χ0v) is 25.1. The largest absolute Gasteiger partial charge is 0.487 e. The first-order valence-electron chi connectivity index (χ1n) is 12.6. The zero-order valence-electron chi connectivity index (χ0n) is 24.3. The first-order valence-corrected chi connectivity index (χ1v) is 14.1. The zero-order chi connectivity index (χ0) is 29.3. The van der Waals surface area contributed by atoms with Gasteiger partial charge in [-0.3, -0.25) is 4.99 Å². The maximum atomic E-state index is 14.4. The van der Waals surface area contributed by atoms with Gasteiger partial charge < -0.3 is 19.9 Å². The van der Waals surface area contributed by atoms with Crippen molar-refractivity contribution < 1.29 is 32.2 Å². The number of anilines is 1. The van der Waals surface area contributed by atoms with Crippen LogP contribution in [0.1, 0.15) is 88.1 Å². The molecule has 2 amide bonds. The van der Waals surface area contributed by atoms with E-state index in [0.29, 0.717) is 21.9 Å². The average Bonchev–Trinajstić information content (AvgIpc) is 2.77. The number of nitrogens with zero attached hydrogens (tertiary/aromatic N) is 2. The summed E-state index contributed by atoms with van der Waals surface area (Å²) in [4.78, 5) is 32.5. The minimum Gasteiger partial charge on any atom is -0.487 e. The molecule has 2 heterocycles. The Morgan fingerprint density at radius 3 is 1.97 bits per heavy atom. The molecule has 1 aromatic carbocycles. The molecule has 2 aliphatic heterocycles. The Labute approximate surface area is 225 Å². The van der Waals surface area contributed by atoms with Gasteiger partial charge in [-0.2, -0.15) is 4.90 Å². The number of benzene rings is 1. The molecule has 0 spiro atoms. The number of amides is 2. The van der Waals surface area contributed by atoms with Crippen molar-refractivity contribution in [2.45, 2.75) is 115 Å². The highest BCUT2D eigenvalue weighted by molar-refractivity contribution is 7.94. The molecular formula is C27H41N3O7S. The molecule has 0 aliphatic carbocycles. The number of fused-ring (bicyclic) bond motifs is 3. The number of carbonyl (C=O) groups is 2. The van der Waals surface area contributed by atoms with Crippen LogP contribution in [0.15, 0.2) is 23.2 Å². The minimum atomic E-state index is -4.13. The first kappa shape index (κ1) is 29.7. The summed E-state index contributed by atoms with van der Waals surface area (Å²) in [6.45, 7) is 18.0.